The van der Waals surface area contributed by atoms with Crippen LogP contribution in [0.15, 0.2) is 0 Å². The van der Waals surface area contributed by atoms with Gasteiger partial charge in [-0.25, -0.2) is 0 Å². The normalized spacial score (nSPS) is 31.2. The summed E-state index contributed by atoms with van der Waals surface area (Å²) in [6.07, 6.45) is -4.19. The van der Waals surface area contributed by atoms with Crippen LogP contribution in [0.25, 0.3) is 0 Å². The number of nitrogens with zero attached hydrogens (tertiary/aromatic N) is 1. The summed E-state index contributed by atoms with van der Waals surface area (Å²) < 4.78 is 38.9. The lowest BCUT2D eigenvalue weighted by atomic mass is 9.93. The molecule has 0 spiro atoms. The molecule has 0 radical (unpaired) electrons. The van der Waals surface area contributed by atoms with Crippen molar-refractivity contribution in [3.63, 3.8) is 0 Å². The van der Waals surface area contributed by atoms with E-state index in [0.717, 1.165) is 0 Å². The third kappa shape index (κ3) is 3.56. The molecule has 4 unspecified atom stereocenters. The van der Waals surface area contributed by atoms with Gasteiger partial charge in [0.2, 0.25) is 0 Å². The second-order valence-electron chi connectivity index (χ2n) is 4.89. The Morgan fingerprint density at radius 3 is 2.47 bits per heavy atom. The maximum Gasteiger partial charge on any atom is 0.405 e. The molecule has 6 heteroatoms. The first-order chi connectivity index (χ1) is 7.77. The number of rotatable bonds is 3. The molecule has 3 N–H and O–H groups in total. The smallest absolute Gasteiger partial charge is 0.392 e. The Bertz CT molecular complexity index is 247. The topological polar surface area (TPSA) is 49.5 Å². The van der Waals surface area contributed by atoms with Crippen molar-refractivity contribution in [2.24, 2.45) is 11.7 Å². The third-order valence-corrected chi connectivity index (χ3v) is 3.56. The molecule has 0 aromatic heterocycles. The van der Waals surface area contributed by atoms with E-state index in [1.54, 1.807) is 6.92 Å². The van der Waals surface area contributed by atoms with Crippen LogP contribution >= 0.6 is 0 Å². The summed E-state index contributed by atoms with van der Waals surface area (Å²) in [7, 11) is 0. The molecule has 0 aliphatic carbocycles. The molecule has 1 rings (SSSR count). The molecule has 0 aromatic carbocycles. The third-order valence-electron chi connectivity index (χ3n) is 3.56. The van der Waals surface area contributed by atoms with Gasteiger partial charge in [-0.15, -0.1) is 0 Å². The number of likely N-dealkylation sites (tertiary alicyclic amines) is 1. The molecule has 1 aliphatic heterocycles. The molecule has 1 heterocycles. The summed E-state index contributed by atoms with van der Waals surface area (Å²) in [4.78, 5) is 1.28. The number of alkyl halides is 3. The maximum atomic E-state index is 13.0. The average molecular weight is 254 g/mol. The highest BCUT2D eigenvalue weighted by atomic mass is 19.4. The Balaban J connectivity index is 2.78. The number of aliphatic hydroxyl groups is 1. The van der Waals surface area contributed by atoms with Crippen molar-refractivity contribution in [2.45, 2.75) is 51.1 Å². The quantitative estimate of drug-likeness (QED) is 0.799. The Hall–Kier alpha value is -0.330. The van der Waals surface area contributed by atoms with Crippen molar-refractivity contribution in [1.82, 2.24) is 4.90 Å². The number of aliphatic hydroxyl groups excluding tert-OH is 1. The van der Waals surface area contributed by atoms with E-state index in [1.165, 1.54) is 4.90 Å². The van der Waals surface area contributed by atoms with E-state index in [9.17, 15) is 18.3 Å². The lowest BCUT2D eigenvalue weighted by Crippen LogP contribution is -2.60. The lowest BCUT2D eigenvalue weighted by molar-refractivity contribution is -0.197. The van der Waals surface area contributed by atoms with Crippen LogP contribution in [0.1, 0.15) is 26.7 Å². The first-order valence-electron chi connectivity index (χ1n) is 6.01. The van der Waals surface area contributed by atoms with Gasteiger partial charge in [-0.2, -0.15) is 13.2 Å². The molecule has 0 saturated carbocycles. The zero-order valence-corrected chi connectivity index (χ0v) is 10.2. The van der Waals surface area contributed by atoms with Crippen LogP contribution in [0.5, 0.6) is 0 Å². The first kappa shape index (κ1) is 14.7. The number of hydrogen-bond acceptors (Lipinski definition) is 3. The van der Waals surface area contributed by atoms with Gasteiger partial charge in [0, 0.05) is 12.6 Å². The predicted octanol–water partition coefficient (Wildman–Crippen LogP) is 1.36. The maximum absolute atomic E-state index is 13.0. The Labute approximate surface area is 99.8 Å². The van der Waals surface area contributed by atoms with Gasteiger partial charge in [0.25, 0.3) is 0 Å². The molecular weight excluding hydrogens is 233 g/mol. The van der Waals surface area contributed by atoms with Crippen molar-refractivity contribution in [2.75, 3.05) is 13.1 Å². The van der Waals surface area contributed by atoms with Gasteiger partial charge < -0.3 is 10.8 Å². The molecule has 1 aliphatic rings. The van der Waals surface area contributed by atoms with Crippen molar-refractivity contribution < 1.29 is 18.3 Å². The van der Waals surface area contributed by atoms with Gasteiger partial charge in [-0.05, 0) is 25.3 Å². The molecule has 3 nitrogen and oxygen atoms in total. The first-order valence-corrected chi connectivity index (χ1v) is 6.01. The zero-order chi connectivity index (χ0) is 13.2. The molecular formula is C11H21F3N2O. The Kier molecular flexibility index (Phi) is 4.80. The van der Waals surface area contributed by atoms with Crippen LogP contribution in [0.2, 0.25) is 0 Å². The number of piperidine rings is 1. The lowest BCUT2D eigenvalue weighted by Gasteiger charge is -2.42. The minimum absolute atomic E-state index is 0.0537. The van der Waals surface area contributed by atoms with Crippen LogP contribution in [0, 0.1) is 5.92 Å². The molecule has 1 saturated heterocycles. The molecule has 0 aromatic rings. The van der Waals surface area contributed by atoms with E-state index in [0.29, 0.717) is 13.0 Å². The fourth-order valence-electron chi connectivity index (χ4n) is 2.27. The summed E-state index contributed by atoms with van der Waals surface area (Å²) >= 11 is 0. The van der Waals surface area contributed by atoms with E-state index in [1.807, 2.05) is 6.92 Å². The minimum Gasteiger partial charge on any atom is -0.392 e. The molecule has 1 fully saturated rings. The Morgan fingerprint density at radius 1 is 1.47 bits per heavy atom. The van der Waals surface area contributed by atoms with E-state index >= 15 is 0 Å². The zero-order valence-electron chi connectivity index (χ0n) is 10.2. The molecule has 0 amide bonds. The monoisotopic (exact) mass is 254 g/mol. The number of halogens is 3. The van der Waals surface area contributed by atoms with E-state index in [4.69, 9.17) is 5.73 Å². The summed E-state index contributed by atoms with van der Waals surface area (Å²) in [6.45, 7) is 3.89. The highest BCUT2D eigenvalue weighted by Gasteiger charge is 2.48. The summed E-state index contributed by atoms with van der Waals surface area (Å²) in [5.41, 5.74) is 5.57. The predicted molar refractivity (Wildman–Crippen MR) is 59.5 cm³/mol. The largest absolute Gasteiger partial charge is 0.405 e. The summed E-state index contributed by atoms with van der Waals surface area (Å²) in [5.74, 6) is 0.0537. The molecule has 0 bridgehead atoms. The highest BCUT2D eigenvalue weighted by Crippen LogP contribution is 2.30. The van der Waals surface area contributed by atoms with Crippen LogP contribution in [0.3, 0.4) is 0 Å². The SMILES string of the molecule is CCC(N)C(N1CCC(C)C(O)C1)C(F)(F)F. The van der Waals surface area contributed by atoms with Gasteiger partial charge >= 0.3 is 6.18 Å². The second kappa shape index (κ2) is 5.54. The van der Waals surface area contributed by atoms with Crippen LogP contribution in [-0.4, -0.2) is 47.5 Å². The molecule has 17 heavy (non-hydrogen) atoms. The standard InChI is InChI=1S/C11H21F3N2O/c1-3-8(15)10(11(12,13)14)16-5-4-7(2)9(17)6-16/h7-10,17H,3-6,15H2,1-2H3. The highest BCUT2D eigenvalue weighted by molar-refractivity contribution is 4.91. The molecule has 102 valence electrons. The van der Waals surface area contributed by atoms with Crippen LogP contribution in [0.4, 0.5) is 13.2 Å². The summed E-state index contributed by atoms with van der Waals surface area (Å²) in [5, 5.41) is 9.67. The minimum atomic E-state index is -4.34. The van der Waals surface area contributed by atoms with Crippen molar-refractivity contribution in [3.8, 4) is 0 Å². The van der Waals surface area contributed by atoms with Gasteiger partial charge in [-0.3, -0.25) is 4.90 Å². The van der Waals surface area contributed by atoms with Crippen LogP contribution < -0.4 is 5.73 Å². The summed E-state index contributed by atoms with van der Waals surface area (Å²) in [6, 6.07) is -2.58. The average Bonchev–Trinajstić information content (AvgIpc) is 2.21. The van der Waals surface area contributed by atoms with Crippen molar-refractivity contribution >= 4 is 0 Å². The molecule has 4 atom stereocenters. The second-order valence-corrected chi connectivity index (χ2v) is 4.89. The number of β-amino-alcohol motifs (C(OH)–C–C–N with tert-alkyl or cyclic N) is 1. The number of hydrogen-bond donors (Lipinski definition) is 2. The van der Waals surface area contributed by atoms with Gasteiger partial charge in [0.05, 0.1) is 6.10 Å². The van der Waals surface area contributed by atoms with Crippen molar-refractivity contribution in [1.29, 1.82) is 0 Å². The van der Waals surface area contributed by atoms with E-state index in [-0.39, 0.29) is 18.9 Å². The van der Waals surface area contributed by atoms with E-state index < -0.39 is 24.4 Å². The number of nitrogens with two attached hydrogens (primary N) is 1. The van der Waals surface area contributed by atoms with Gasteiger partial charge in [-0.1, -0.05) is 13.8 Å². The van der Waals surface area contributed by atoms with Crippen LogP contribution in [-0.2, 0) is 0 Å². The van der Waals surface area contributed by atoms with Crippen molar-refractivity contribution in [3.05, 3.63) is 0 Å². The van der Waals surface area contributed by atoms with Gasteiger partial charge in [0.15, 0.2) is 0 Å². The Morgan fingerprint density at radius 2 is 2.06 bits per heavy atom. The van der Waals surface area contributed by atoms with Gasteiger partial charge in [0.1, 0.15) is 6.04 Å². The fraction of sp³-hybridized carbons (Fsp3) is 1.00. The van der Waals surface area contributed by atoms with E-state index in [2.05, 4.69) is 0 Å². The fourth-order valence-corrected chi connectivity index (χ4v) is 2.27.